The molecule has 0 bridgehead atoms. The molecule has 3 nitrogen and oxygen atoms in total. The molecule has 3 aliphatic rings. The minimum atomic E-state index is -0.262. The van der Waals surface area contributed by atoms with Crippen LogP contribution in [0.15, 0.2) is 39.8 Å². The Balaban J connectivity index is 1.78. The standard InChI is InChI=1S/C17H12BrNO2/c18-12-2-1-3-13-16(12)17(8-19-13)9-21-15-7-14-10(4-5-20-14)6-11(15)17/h1-3,6-8H,4-5,9H2. The Kier molecular flexibility index (Phi) is 2.19. The largest absolute Gasteiger partial charge is 0.493 e. The number of fused-ring (bicyclic) bond motifs is 5. The molecule has 104 valence electrons. The van der Waals surface area contributed by atoms with Crippen molar-refractivity contribution >= 4 is 27.8 Å². The summed E-state index contributed by atoms with van der Waals surface area (Å²) in [6.45, 7) is 1.37. The normalized spacial score (nSPS) is 23.7. The Hall–Kier alpha value is -1.81. The van der Waals surface area contributed by atoms with Crippen molar-refractivity contribution in [2.45, 2.75) is 11.8 Å². The van der Waals surface area contributed by atoms with Crippen LogP contribution in [0.5, 0.6) is 11.5 Å². The van der Waals surface area contributed by atoms with Gasteiger partial charge >= 0.3 is 0 Å². The topological polar surface area (TPSA) is 30.8 Å². The van der Waals surface area contributed by atoms with Gasteiger partial charge < -0.3 is 9.47 Å². The van der Waals surface area contributed by atoms with E-state index in [2.05, 4.69) is 39.1 Å². The number of aliphatic imine (C=N–C) groups is 1. The molecule has 1 unspecified atom stereocenters. The summed E-state index contributed by atoms with van der Waals surface area (Å²) < 4.78 is 12.7. The van der Waals surface area contributed by atoms with E-state index in [1.807, 2.05) is 18.3 Å². The number of rotatable bonds is 0. The van der Waals surface area contributed by atoms with Crippen LogP contribution in [0.25, 0.3) is 0 Å². The molecular formula is C17H12BrNO2. The summed E-state index contributed by atoms with van der Waals surface area (Å²) in [6.07, 6.45) is 3.01. The van der Waals surface area contributed by atoms with E-state index in [-0.39, 0.29) is 5.41 Å². The van der Waals surface area contributed by atoms with Crippen LogP contribution in [-0.2, 0) is 11.8 Å². The highest BCUT2D eigenvalue weighted by atomic mass is 79.9. The van der Waals surface area contributed by atoms with Gasteiger partial charge in [-0.1, -0.05) is 22.0 Å². The number of hydrogen-bond donors (Lipinski definition) is 0. The maximum Gasteiger partial charge on any atom is 0.127 e. The molecule has 1 spiro atoms. The fourth-order valence-electron chi connectivity index (χ4n) is 3.56. The minimum Gasteiger partial charge on any atom is -0.493 e. The third kappa shape index (κ3) is 1.41. The Bertz CT molecular complexity index is 815. The summed E-state index contributed by atoms with van der Waals surface area (Å²) in [5.74, 6) is 1.89. The van der Waals surface area contributed by atoms with Gasteiger partial charge in [0.05, 0.1) is 17.7 Å². The van der Waals surface area contributed by atoms with Gasteiger partial charge in [0, 0.05) is 34.3 Å². The maximum atomic E-state index is 5.98. The molecule has 0 aliphatic carbocycles. The third-order valence-electron chi connectivity index (χ3n) is 4.59. The second kappa shape index (κ2) is 3.89. The first-order valence-electron chi connectivity index (χ1n) is 7.05. The van der Waals surface area contributed by atoms with Gasteiger partial charge in [-0.15, -0.1) is 0 Å². The number of benzene rings is 2. The monoisotopic (exact) mass is 341 g/mol. The Morgan fingerprint density at radius 1 is 1.14 bits per heavy atom. The average molecular weight is 342 g/mol. The van der Waals surface area contributed by atoms with Crippen LogP contribution in [0.2, 0.25) is 0 Å². The van der Waals surface area contributed by atoms with E-state index in [4.69, 9.17) is 9.47 Å². The lowest BCUT2D eigenvalue weighted by Crippen LogP contribution is -2.29. The zero-order valence-corrected chi connectivity index (χ0v) is 12.8. The summed E-state index contributed by atoms with van der Waals surface area (Å²) in [4.78, 5) is 4.62. The van der Waals surface area contributed by atoms with Gasteiger partial charge in [0.25, 0.3) is 0 Å². The van der Waals surface area contributed by atoms with Crippen molar-refractivity contribution in [1.82, 2.24) is 0 Å². The molecule has 0 radical (unpaired) electrons. The van der Waals surface area contributed by atoms with Gasteiger partial charge in [0.2, 0.25) is 0 Å². The van der Waals surface area contributed by atoms with Gasteiger partial charge in [-0.3, -0.25) is 4.99 Å². The molecule has 3 aliphatic heterocycles. The van der Waals surface area contributed by atoms with E-state index < -0.39 is 0 Å². The molecule has 0 saturated carbocycles. The molecule has 0 N–H and O–H groups in total. The molecule has 0 fully saturated rings. The number of nitrogens with zero attached hydrogens (tertiary/aromatic N) is 1. The second-order valence-electron chi connectivity index (χ2n) is 5.71. The van der Waals surface area contributed by atoms with Crippen molar-refractivity contribution in [2.24, 2.45) is 4.99 Å². The molecule has 21 heavy (non-hydrogen) atoms. The van der Waals surface area contributed by atoms with Gasteiger partial charge in [-0.25, -0.2) is 0 Å². The summed E-state index contributed by atoms with van der Waals surface area (Å²) >= 11 is 3.69. The van der Waals surface area contributed by atoms with E-state index in [1.54, 1.807) is 0 Å². The van der Waals surface area contributed by atoms with Gasteiger partial charge in [0.1, 0.15) is 18.1 Å². The highest BCUT2D eigenvalue weighted by molar-refractivity contribution is 9.10. The molecule has 0 saturated heterocycles. The molecular weight excluding hydrogens is 330 g/mol. The minimum absolute atomic E-state index is 0.262. The summed E-state index contributed by atoms with van der Waals surface area (Å²) in [5, 5.41) is 0. The first-order chi connectivity index (χ1) is 10.3. The third-order valence-corrected chi connectivity index (χ3v) is 5.25. The van der Waals surface area contributed by atoms with Crippen LogP contribution in [0, 0.1) is 0 Å². The first-order valence-corrected chi connectivity index (χ1v) is 7.84. The Morgan fingerprint density at radius 2 is 2.10 bits per heavy atom. The zero-order chi connectivity index (χ0) is 14.0. The zero-order valence-electron chi connectivity index (χ0n) is 11.2. The van der Waals surface area contributed by atoms with Crippen LogP contribution in [0.3, 0.4) is 0 Å². The fourth-order valence-corrected chi connectivity index (χ4v) is 4.27. The van der Waals surface area contributed by atoms with E-state index >= 15 is 0 Å². The van der Waals surface area contributed by atoms with E-state index in [9.17, 15) is 0 Å². The summed E-state index contributed by atoms with van der Waals surface area (Å²) in [7, 11) is 0. The Labute approximate surface area is 130 Å². The van der Waals surface area contributed by atoms with Crippen LogP contribution in [-0.4, -0.2) is 19.4 Å². The quantitative estimate of drug-likeness (QED) is 0.730. The van der Waals surface area contributed by atoms with E-state index in [1.165, 1.54) is 16.7 Å². The van der Waals surface area contributed by atoms with E-state index in [0.717, 1.165) is 34.7 Å². The number of ether oxygens (including phenoxy) is 2. The smallest absolute Gasteiger partial charge is 0.127 e. The highest BCUT2D eigenvalue weighted by Crippen LogP contribution is 2.52. The molecule has 4 heteroatoms. The van der Waals surface area contributed by atoms with Gasteiger partial charge in [0.15, 0.2) is 0 Å². The fraction of sp³-hybridized carbons (Fsp3) is 0.235. The average Bonchev–Trinajstić information content (AvgIpc) is 3.17. The van der Waals surface area contributed by atoms with Crippen molar-refractivity contribution in [3.05, 3.63) is 51.5 Å². The lowest BCUT2D eigenvalue weighted by atomic mass is 9.77. The molecule has 2 aromatic rings. The van der Waals surface area contributed by atoms with Crippen LogP contribution in [0.1, 0.15) is 16.7 Å². The second-order valence-corrected chi connectivity index (χ2v) is 6.56. The molecule has 0 amide bonds. The molecule has 5 rings (SSSR count). The molecule has 2 aromatic carbocycles. The van der Waals surface area contributed by atoms with Crippen molar-refractivity contribution in [3.63, 3.8) is 0 Å². The van der Waals surface area contributed by atoms with Crippen LogP contribution in [0.4, 0.5) is 5.69 Å². The predicted octanol–water partition coefficient (Wildman–Crippen LogP) is 3.78. The predicted molar refractivity (Wildman–Crippen MR) is 84.2 cm³/mol. The van der Waals surface area contributed by atoms with E-state index in [0.29, 0.717) is 6.61 Å². The highest BCUT2D eigenvalue weighted by Gasteiger charge is 2.47. The molecule has 0 aromatic heterocycles. The first kappa shape index (κ1) is 11.8. The summed E-state index contributed by atoms with van der Waals surface area (Å²) in [6, 6.07) is 10.4. The van der Waals surface area contributed by atoms with Crippen molar-refractivity contribution < 1.29 is 9.47 Å². The SMILES string of the molecule is Brc1cccc2c1C1(C=N2)COc2cc3c(cc21)CCO3. The van der Waals surface area contributed by atoms with Crippen molar-refractivity contribution in [1.29, 1.82) is 0 Å². The van der Waals surface area contributed by atoms with Crippen LogP contribution < -0.4 is 9.47 Å². The number of hydrogen-bond acceptors (Lipinski definition) is 3. The van der Waals surface area contributed by atoms with Gasteiger partial charge in [-0.05, 0) is 23.8 Å². The summed E-state index contributed by atoms with van der Waals surface area (Å²) in [5.41, 5.74) is 4.46. The number of halogens is 1. The van der Waals surface area contributed by atoms with Crippen LogP contribution >= 0.6 is 15.9 Å². The Morgan fingerprint density at radius 3 is 3.05 bits per heavy atom. The van der Waals surface area contributed by atoms with Crippen molar-refractivity contribution in [3.8, 4) is 11.5 Å². The van der Waals surface area contributed by atoms with Gasteiger partial charge in [-0.2, -0.15) is 0 Å². The molecule has 3 heterocycles. The maximum absolute atomic E-state index is 5.98. The molecule has 1 atom stereocenters. The lowest BCUT2D eigenvalue weighted by Gasteiger charge is -2.22. The van der Waals surface area contributed by atoms with Crippen molar-refractivity contribution in [2.75, 3.05) is 13.2 Å². The lowest BCUT2D eigenvalue weighted by molar-refractivity contribution is 0.323.